The summed E-state index contributed by atoms with van der Waals surface area (Å²) in [6, 6.07) is 5.79. The average molecular weight is 549 g/mol. The first-order valence-corrected chi connectivity index (χ1v) is 9.13. The molecule has 0 aliphatic carbocycles. The van der Waals surface area contributed by atoms with Crippen molar-refractivity contribution in [1.82, 2.24) is 19.8 Å². The van der Waals surface area contributed by atoms with E-state index in [0.717, 1.165) is 21.7 Å². The Morgan fingerprint density at radius 1 is 1.41 bits per heavy atom. The predicted molar refractivity (Wildman–Crippen MR) is 124 cm³/mol. The molecular formula is C18H26BrIN6O. The molecule has 0 unspecified atom stereocenters. The molecule has 0 atom stereocenters. The first-order chi connectivity index (χ1) is 12.4. The van der Waals surface area contributed by atoms with E-state index in [1.807, 2.05) is 38.2 Å². The quantitative estimate of drug-likeness (QED) is 0.330. The number of aromatic nitrogens is 2. The number of guanidine groups is 1. The van der Waals surface area contributed by atoms with Crippen LogP contribution in [0.5, 0.6) is 0 Å². The Morgan fingerprint density at radius 3 is 2.70 bits per heavy atom. The van der Waals surface area contributed by atoms with Gasteiger partial charge >= 0.3 is 0 Å². The van der Waals surface area contributed by atoms with Crippen molar-refractivity contribution in [3.05, 3.63) is 46.3 Å². The molecule has 0 saturated carbocycles. The number of hydrogen-bond acceptors (Lipinski definition) is 3. The monoisotopic (exact) mass is 548 g/mol. The molecule has 1 amide bonds. The second kappa shape index (κ2) is 11.3. The molecule has 0 saturated heterocycles. The Morgan fingerprint density at radius 2 is 2.15 bits per heavy atom. The maximum atomic E-state index is 12.0. The van der Waals surface area contributed by atoms with E-state index in [1.54, 1.807) is 19.3 Å². The van der Waals surface area contributed by atoms with Gasteiger partial charge in [0, 0.05) is 56.7 Å². The van der Waals surface area contributed by atoms with Crippen LogP contribution >= 0.6 is 39.9 Å². The second-order valence-electron chi connectivity index (χ2n) is 6.11. The van der Waals surface area contributed by atoms with Crippen molar-refractivity contribution in [1.29, 1.82) is 0 Å². The van der Waals surface area contributed by atoms with E-state index in [2.05, 4.69) is 47.2 Å². The minimum absolute atomic E-state index is 0. The molecule has 27 heavy (non-hydrogen) atoms. The van der Waals surface area contributed by atoms with Crippen molar-refractivity contribution in [3.8, 4) is 0 Å². The molecule has 0 aliphatic heterocycles. The zero-order valence-electron chi connectivity index (χ0n) is 16.0. The average Bonchev–Trinajstić information content (AvgIpc) is 2.91. The highest BCUT2D eigenvalue weighted by molar-refractivity contribution is 14.0. The molecule has 2 aromatic heterocycles. The third-order valence-electron chi connectivity index (χ3n) is 3.86. The van der Waals surface area contributed by atoms with Crippen molar-refractivity contribution >= 4 is 57.6 Å². The lowest BCUT2D eigenvalue weighted by atomic mass is 10.3. The van der Waals surface area contributed by atoms with Gasteiger partial charge in [0.1, 0.15) is 5.82 Å². The smallest absolute Gasteiger partial charge is 0.227 e. The molecule has 0 bridgehead atoms. The van der Waals surface area contributed by atoms with E-state index in [0.29, 0.717) is 25.3 Å². The van der Waals surface area contributed by atoms with E-state index in [1.165, 1.54) is 0 Å². The number of aliphatic imine (C=N–C) groups is 1. The molecule has 0 radical (unpaired) electrons. The Labute approximate surface area is 185 Å². The summed E-state index contributed by atoms with van der Waals surface area (Å²) in [5.41, 5.74) is 2.22. The van der Waals surface area contributed by atoms with Gasteiger partial charge in [0.05, 0.1) is 6.54 Å². The number of amides is 1. The van der Waals surface area contributed by atoms with Crippen LogP contribution in [-0.4, -0.2) is 47.0 Å². The Hall–Kier alpha value is -1.62. The Bertz CT molecular complexity index is 775. The summed E-state index contributed by atoms with van der Waals surface area (Å²) in [5.74, 6) is 1.22. The molecule has 2 heterocycles. The zero-order valence-corrected chi connectivity index (χ0v) is 19.9. The highest BCUT2D eigenvalue weighted by Crippen LogP contribution is 2.14. The van der Waals surface area contributed by atoms with Gasteiger partial charge in [-0.15, -0.1) is 24.0 Å². The highest BCUT2D eigenvalue weighted by atomic mass is 127. The van der Waals surface area contributed by atoms with Gasteiger partial charge in [-0.25, -0.2) is 4.98 Å². The largest absolute Gasteiger partial charge is 0.356 e. The summed E-state index contributed by atoms with van der Waals surface area (Å²) in [7, 11) is 5.70. The number of halogens is 2. The molecule has 0 spiro atoms. The summed E-state index contributed by atoms with van der Waals surface area (Å²) in [5, 5.41) is 6.00. The van der Waals surface area contributed by atoms with Gasteiger partial charge in [0.15, 0.2) is 5.96 Å². The van der Waals surface area contributed by atoms with Gasteiger partial charge in [-0.1, -0.05) is 6.07 Å². The topological polar surface area (TPSA) is 74.5 Å². The van der Waals surface area contributed by atoms with Crippen molar-refractivity contribution < 1.29 is 4.79 Å². The van der Waals surface area contributed by atoms with Gasteiger partial charge in [0.2, 0.25) is 5.91 Å². The van der Waals surface area contributed by atoms with Crippen LogP contribution in [-0.2, 0) is 18.4 Å². The summed E-state index contributed by atoms with van der Waals surface area (Å²) >= 11 is 3.48. The third-order valence-corrected chi connectivity index (χ3v) is 4.29. The fourth-order valence-electron chi connectivity index (χ4n) is 2.46. The molecular weight excluding hydrogens is 523 g/mol. The van der Waals surface area contributed by atoms with Crippen molar-refractivity contribution in [2.24, 2.45) is 12.0 Å². The van der Waals surface area contributed by atoms with Gasteiger partial charge in [-0.05, 0) is 40.5 Å². The number of aryl methyl sites for hydroxylation is 2. The molecule has 9 heteroatoms. The number of nitrogens with zero attached hydrogens (tertiary/aromatic N) is 4. The highest BCUT2D eigenvalue weighted by Gasteiger charge is 2.10. The Balaban J connectivity index is 0.00000364. The number of hydrogen-bond donors (Lipinski definition) is 2. The van der Waals surface area contributed by atoms with Crippen LogP contribution in [0.3, 0.4) is 0 Å². The van der Waals surface area contributed by atoms with Crippen LogP contribution in [0.1, 0.15) is 17.7 Å². The number of rotatable bonds is 6. The normalized spacial score (nSPS) is 10.9. The lowest BCUT2D eigenvalue weighted by Crippen LogP contribution is -2.40. The summed E-state index contributed by atoms with van der Waals surface area (Å²) in [6.07, 6.45) is 4.08. The van der Waals surface area contributed by atoms with Crippen LogP contribution in [0.15, 0.2) is 40.1 Å². The van der Waals surface area contributed by atoms with Gasteiger partial charge in [0.25, 0.3) is 0 Å². The molecule has 0 fully saturated rings. The molecule has 0 aromatic carbocycles. The lowest BCUT2D eigenvalue weighted by molar-refractivity contribution is -0.116. The maximum absolute atomic E-state index is 12.0. The fraction of sp³-hybridized carbons (Fsp3) is 0.389. The van der Waals surface area contributed by atoms with Crippen molar-refractivity contribution in [2.45, 2.75) is 19.9 Å². The van der Waals surface area contributed by atoms with Crippen LogP contribution in [0.25, 0.3) is 0 Å². The molecule has 2 aromatic rings. The standard InChI is InChI=1S/C18H25BrN6O.HI/c1-13-5-6-16(22-10-13)23-17(26)7-8-21-18(20-2)25(4)12-15-9-14(19)11-24(15)3;/h5-6,9-11H,7-8,12H2,1-4H3,(H,20,21)(H,22,23,26);1H. The number of pyridine rings is 1. The van der Waals surface area contributed by atoms with Crippen molar-refractivity contribution in [3.63, 3.8) is 0 Å². The fourth-order valence-corrected chi connectivity index (χ4v) is 3.03. The van der Waals surface area contributed by atoms with Crippen LogP contribution in [0.2, 0.25) is 0 Å². The summed E-state index contributed by atoms with van der Waals surface area (Å²) in [4.78, 5) is 22.5. The third kappa shape index (κ3) is 7.49. The van der Waals surface area contributed by atoms with Crippen molar-refractivity contribution in [2.75, 3.05) is 26.0 Å². The maximum Gasteiger partial charge on any atom is 0.227 e. The first-order valence-electron chi connectivity index (χ1n) is 8.34. The molecule has 2 rings (SSSR count). The second-order valence-corrected chi connectivity index (χ2v) is 7.03. The van der Waals surface area contributed by atoms with Crippen LogP contribution in [0.4, 0.5) is 5.82 Å². The zero-order chi connectivity index (χ0) is 19.1. The molecule has 0 aliphatic rings. The number of anilines is 1. The Kier molecular flexibility index (Phi) is 9.78. The van der Waals surface area contributed by atoms with Gasteiger partial charge in [-0.2, -0.15) is 0 Å². The summed E-state index contributed by atoms with van der Waals surface area (Å²) in [6.45, 7) is 3.16. The van der Waals surface area contributed by atoms with Gasteiger partial charge in [-0.3, -0.25) is 9.79 Å². The summed E-state index contributed by atoms with van der Waals surface area (Å²) < 4.78 is 3.11. The van der Waals surface area contributed by atoms with E-state index < -0.39 is 0 Å². The number of carbonyl (C=O) groups excluding carboxylic acids is 1. The van der Waals surface area contributed by atoms with Crippen LogP contribution in [0, 0.1) is 6.92 Å². The minimum atomic E-state index is -0.0849. The van der Waals surface area contributed by atoms with E-state index in [9.17, 15) is 4.79 Å². The molecule has 2 N–H and O–H groups in total. The number of carbonyl (C=O) groups is 1. The van der Waals surface area contributed by atoms with E-state index in [-0.39, 0.29) is 29.9 Å². The molecule has 7 nitrogen and oxygen atoms in total. The predicted octanol–water partition coefficient (Wildman–Crippen LogP) is 3.15. The SMILES string of the molecule is CN=C(NCCC(=O)Nc1ccc(C)cn1)N(C)Cc1cc(Br)cn1C.I. The number of nitrogens with one attached hydrogen (secondary N) is 2. The first kappa shape index (κ1) is 23.4. The van der Waals surface area contributed by atoms with Gasteiger partial charge < -0.3 is 20.1 Å². The van der Waals surface area contributed by atoms with Crippen LogP contribution < -0.4 is 10.6 Å². The lowest BCUT2D eigenvalue weighted by Gasteiger charge is -2.22. The minimum Gasteiger partial charge on any atom is -0.356 e. The van der Waals surface area contributed by atoms with E-state index in [4.69, 9.17) is 0 Å². The van der Waals surface area contributed by atoms with E-state index >= 15 is 0 Å². The molecule has 148 valence electrons.